The average Bonchev–Trinajstić information content (AvgIpc) is 2.04. The maximum absolute atomic E-state index is 6.09. The lowest BCUT2D eigenvalue weighted by molar-refractivity contribution is -0.461. The van der Waals surface area contributed by atoms with E-state index < -0.39 is 0 Å². The number of hydrogen-bond donors (Lipinski definition) is 0. The van der Waals surface area contributed by atoms with E-state index in [-0.39, 0.29) is 12.4 Å². The molecule has 1 aliphatic rings. The van der Waals surface area contributed by atoms with Crippen LogP contribution in [0.25, 0.3) is 0 Å². The van der Waals surface area contributed by atoms with Crippen molar-refractivity contribution < 1.29 is 17.0 Å². The molecule has 0 saturated carbocycles. The Morgan fingerprint density at radius 3 is 2.23 bits per heavy atom. The molecular weight excluding hydrogens is 228 g/mol. The summed E-state index contributed by atoms with van der Waals surface area (Å²) in [5.41, 5.74) is 1.13. The molecule has 0 radical (unpaired) electrons. The van der Waals surface area contributed by atoms with Crippen LogP contribution in [0.3, 0.4) is 0 Å². The van der Waals surface area contributed by atoms with Crippen molar-refractivity contribution in [3.63, 3.8) is 0 Å². The lowest BCUT2D eigenvalue weighted by atomic mass is 10.00. The Morgan fingerprint density at radius 2 is 1.77 bits per heavy atom. The Labute approximate surface area is 95.8 Å². The topological polar surface area (TPSA) is 3.01 Å². The molecule has 0 spiro atoms. The molecule has 0 aliphatic heterocycles. The molecule has 0 bridgehead atoms. The standard InChI is InChI=1S/C9H14Cl2N.ClH/c1-12(2)9(11)7-5-3-4-6-8(7)10;/h3-6H2,1-2H3;1H/q+1;/p-1. The van der Waals surface area contributed by atoms with Crippen LogP contribution in [0.5, 0.6) is 0 Å². The molecule has 1 nitrogen and oxygen atoms in total. The van der Waals surface area contributed by atoms with E-state index in [0.717, 1.165) is 28.6 Å². The first kappa shape index (κ1) is 13.3. The van der Waals surface area contributed by atoms with E-state index in [2.05, 4.69) is 0 Å². The Morgan fingerprint density at radius 1 is 1.23 bits per heavy atom. The van der Waals surface area contributed by atoms with Crippen LogP contribution in [0.15, 0.2) is 10.6 Å². The van der Waals surface area contributed by atoms with E-state index in [1.54, 1.807) is 0 Å². The SMILES string of the molecule is C[N+](C)=C(Cl)C1=C(Cl)CCCC1.[Cl-]. The van der Waals surface area contributed by atoms with E-state index in [1.165, 1.54) is 12.8 Å². The Hall–Kier alpha value is 0.280. The normalized spacial score (nSPS) is 16.6. The fourth-order valence-electron chi connectivity index (χ4n) is 1.35. The second-order valence-electron chi connectivity index (χ2n) is 3.28. The third-order valence-corrected chi connectivity index (χ3v) is 3.03. The molecule has 0 atom stereocenters. The lowest BCUT2D eigenvalue weighted by Gasteiger charge is -2.12. The fraction of sp³-hybridized carbons (Fsp3) is 0.667. The largest absolute Gasteiger partial charge is 1.00 e. The van der Waals surface area contributed by atoms with Crippen LogP contribution < -0.4 is 12.4 Å². The maximum Gasteiger partial charge on any atom is 0.273 e. The molecule has 0 saturated heterocycles. The molecule has 4 heteroatoms. The molecule has 76 valence electrons. The summed E-state index contributed by atoms with van der Waals surface area (Å²) in [6.07, 6.45) is 4.41. The van der Waals surface area contributed by atoms with Crippen molar-refractivity contribution in [1.82, 2.24) is 0 Å². The molecule has 13 heavy (non-hydrogen) atoms. The summed E-state index contributed by atoms with van der Waals surface area (Å²) in [7, 11) is 3.88. The molecule has 0 aromatic carbocycles. The van der Waals surface area contributed by atoms with Crippen molar-refractivity contribution in [2.24, 2.45) is 0 Å². The van der Waals surface area contributed by atoms with Crippen molar-refractivity contribution in [3.05, 3.63) is 10.6 Å². The highest BCUT2D eigenvalue weighted by Gasteiger charge is 2.19. The van der Waals surface area contributed by atoms with Crippen LogP contribution >= 0.6 is 23.2 Å². The number of rotatable bonds is 1. The third-order valence-electron chi connectivity index (χ3n) is 2.04. The summed E-state index contributed by atoms with van der Waals surface area (Å²) < 4.78 is 1.91. The average molecular weight is 243 g/mol. The van der Waals surface area contributed by atoms with Crippen LogP contribution in [-0.4, -0.2) is 23.8 Å². The van der Waals surface area contributed by atoms with E-state index in [9.17, 15) is 0 Å². The smallest absolute Gasteiger partial charge is 0.273 e. The molecule has 0 fully saturated rings. The van der Waals surface area contributed by atoms with Crippen molar-refractivity contribution >= 4 is 28.4 Å². The van der Waals surface area contributed by atoms with Crippen molar-refractivity contribution in [2.75, 3.05) is 14.1 Å². The summed E-state index contributed by atoms with van der Waals surface area (Å²) in [4.78, 5) is 0. The second kappa shape index (κ2) is 5.90. The Balaban J connectivity index is 0.00000144. The van der Waals surface area contributed by atoms with Gasteiger partial charge in [0, 0.05) is 5.03 Å². The minimum atomic E-state index is 0. The highest BCUT2D eigenvalue weighted by molar-refractivity contribution is 6.68. The molecule has 0 N–H and O–H groups in total. The molecule has 0 heterocycles. The Kier molecular flexibility index (Phi) is 6.02. The first-order valence-corrected chi connectivity index (χ1v) is 4.96. The molecule has 0 unspecified atom stereocenters. The molecule has 1 aliphatic carbocycles. The van der Waals surface area contributed by atoms with E-state index in [0.29, 0.717) is 0 Å². The second-order valence-corrected chi connectivity index (χ2v) is 4.09. The van der Waals surface area contributed by atoms with Crippen molar-refractivity contribution in [1.29, 1.82) is 0 Å². The minimum Gasteiger partial charge on any atom is -1.00 e. The first-order chi connectivity index (χ1) is 5.63. The predicted octanol–water partition coefficient (Wildman–Crippen LogP) is -0.0333. The van der Waals surface area contributed by atoms with Gasteiger partial charge in [-0.1, -0.05) is 11.6 Å². The van der Waals surface area contributed by atoms with Gasteiger partial charge in [0.05, 0.1) is 5.57 Å². The molecule has 0 aromatic heterocycles. The maximum atomic E-state index is 6.09. The fourth-order valence-corrected chi connectivity index (χ4v) is 1.93. The first-order valence-electron chi connectivity index (χ1n) is 4.20. The van der Waals surface area contributed by atoms with Gasteiger partial charge < -0.3 is 12.4 Å². The zero-order valence-electron chi connectivity index (χ0n) is 7.91. The van der Waals surface area contributed by atoms with Gasteiger partial charge in [0.15, 0.2) is 0 Å². The van der Waals surface area contributed by atoms with Gasteiger partial charge in [0.2, 0.25) is 0 Å². The van der Waals surface area contributed by atoms with Crippen molar-refractivity contribution in [3.8, 4) is 0 Å². The van der Waals surface area contributed by atoms with E-state index in [1.807, 2.05) is 18.7 Å². The summed E-state index contributed by atoms with van der Waals surface area (Å²) >= 11 is 12.2. The van der Waals surface area contributed by atoms with Gasteiger partial charge in [0.1, 0.15) is 14.1 Å². The summed E-state index contributed by atoms with van der Waals surface area (Å²) in [6, 6.07) is 0. The Bertz CT molecular complexity index is 239. The highest BCUT2D eigenvalue weighted by atomic mass is 35.5. The minimum absolute atomic E-state index is 0. The number of halogens is 3. The number of nitrogens with zero attached hydrogens (tertiary/aromatic N) is 1. The third kappa shape index (κ3) is 3.49. The van der Waals surface area contributed by atoms with E-state index >= 15 is 0 Å². The van der Waals surface area contributed by atoms with Crippen LogP contribution in [0.2, 0.25) is 0 Å². The highest BCUT2D eigenvalue weighted by Crippen LogP contribution is 2.28. The predicted molar refractivity (Wildman–Crippen MR) is 54.3 cm³/mol. The molecule has 0 aromatic rings. The molecule has 0 amide bonds. The summed E-state index contributed by atoms with van der Waals surface area (Å²) in [5.74, 6) is 0. The monoisotopic (exact) mass is 241 g/mol. The van der Waals surface area contributed by atoms with Gasteiger partial charge >= 0.3 is 0 Å². The summed E-state index contributed by atoms with van der Waals surface area (Å²) in [6.45, 7) is 0. The van der Waals surface area contributed by atoms with Gasteiger partial charge in [-0.25, -0.2) is 4.58 Å². The van der Waals surface area contributed by atoms with Gasteiger partial charge in [0.25, 0.3) is 5.17 Å². The van der Waals surface area contributed by atoms with Gasteiger partial charge in [-0.2, -0.15) is 0 Å². The van der Waals surface area contributed by atoms with Crippen molar-refractivity contribution in [2.45, 2.75) is 25.7 Å². The van der Waals surface area contributed by atoms with Gasteiger partial charge in [-0.3, -0.25) is 0 Å². The zero-order chi connectivity index (χ0) is 9.14. The molecule has 1 rings (SSSR count). The quantitative estimate of drug-likeness (QED) is 0.449. The van der Waals surface area contributed by atoms with Crippen LogP contribution in [-0.2, 0) is 0 Å². The number of allylic oxidation sites excluding steroid dienone is 2. The van der Waals surface area contributed by atoms with Crippen LogP contribution in [0.4, 0.5) is 0 Å². The van der Waals surface area contributed by atoms with Crippen LogP contribution in [0.1, 0.15) is 25.7 Å². The van der Waals surface area contributed by atoms with Gasteiger partial charge in [-0.05, 0) is 37.3 Å². The van der Waals surface area contributed by atoms with E-state index in [4.69, 9.17) is 23.2 Å². The van der Waals surface area contributed by atoms with Gasteiger partial charge in [-0.15, -0.1) is 0 Å². The molecular formula is C9H14Cl3N. The zero-order valence-corrected chi connectivity index (χ0v) is 10.2. The number of hydrogen-bond acceptors (Lipinski definition) is 0. The summed E-state index contributed by atoms with van der Waals surface area (Å²) in [5, 5.41) is 1.74. The lowest BCUT2D eigenvalue weighted by Crippen LogP contribution is -3.00. The van der Waals surface area contributed by atoms with Crippen LogP contribution in [0, 0.1) is 0 Å².